The molecule has 6 nitrogen and oxygen atoms in total. The Kier molecular flexibility index (Phi) is 6.46. The van der Waals surface area contributed by atoms with Crippen LogP contribution in [0.25, 0.3) is 11.1 Å². The van der Waals surface area contributed by atoms with Crippen LogP contribution in [-0.2, 0) is 13.1 Å². The fraction of sp³-hybridized carbons (Fsp3) is 0.222. The topological polar surface area (TPSA) is 71.6 Å². The molecule has 0 aliphatic rings. The quantitative estimate of drug-likeness (QED) is 0.336. The summed E-state index contributed by atoms with van der Waals surface area (Å²) >= 11 is 0. The number of hydrogen-bond donors (Lipinski definition) is 1. The van der Waals surface area contributed by atoms with Gasteiger partial charge in [0.05, 0.1) is 0 Å². The molecule has 3 aromatic heterocycles. The number of H-pyrrole nitrogens is 1. The van der Waals surface area contributed by atoms with Crippen molar-refractivity contribution in [3.63, 3.8) is 0 Å². The zero-order valence-corrected chi connectivity index (χ0v) is 17.1. The van der Waals surface area contributed by atoms with Crippen molar-refractivity contribution in [3.8, 4) is 11.1 Å². The van der Waals surface area contributed by atoms with Crippen molar-refractivity contribution in [2.24, 2.45) is 0 Å². The van der Waals surface area contributed by atoms with Gasteiger partial charge in [0.15, 0.2) is 12.4 Å². The van der Waals surface area contributed by atoms with E-state index in [1.165, 1.54) is 0 Å². The monoisotopic (exact) mass is 468 g/mol. The van der Waals surface area contributed by atoms with Gasteiger partial charge in [0.1, 0.15) is 6.54 Å². The van der Waals surface area contributed by atoms with Crippen molar-refractivity contribution in [2.45, 2.75) is 26.4 Å². The number of aromatic nitrogens is 4. The molecule has 0 radical (unpaired) electrons. The third-order valence-corrected chi connectivity index (χ3v) is 3.91. The first kappa shape index (κ1) is 24.3. The summed E-state index contributed by atoms with van der Waals surface area (Å²) in [5.74, 6) is 0. The molecule has 0 saturated heterocycles. The molecule has 0 aromatic carbocycles. The molecule has 0 fully saturated rings. The van der Waals surface area contributed by atoms with Crippen molar-refractivity contribution >= 4 is 7.81 Å². The third kappa shape index (κ3) is 10.0. The van der Waals surface area contributed by atoms with Crippen LogP contribution in [0.5, 0.6) is 0 Å². The van der Waals surface area contributed by atoms with E-state index in [-0.39, 0.29) is 11.2 Å². The predicted molar refractivity (Wildman–Crippen MR) is 104 cm³/mol. The van der Waals surface area contributed by atoms with Gasteiger partial charge in [-0.15, -0.1) is 0 Å². The Morgan fingerprint density at radius 1 is 0.968 bits per heavy atom. The number of aryl methyl sites for hydroxylation is 3. The Morgan fingerprint density at radius 2 is 1.48 bits per heavy atom. The molecule has 0 amide bonds. The van der Waals surface area contributed by atoms with E-state index in [1.54, 1.807) is 30.1 Å². The van der Waals surface area contributed by atoms with Crippen molar-refractivity contribution in [1.82, 2.24) is 14.5 Å². The molecule has 31 heavy (non-hydrogen) atoms. The second-order valence-electron chi connectivity index (χ2n) is 6.64. The van der Waals surface area contributed by atoms with Gasteiger partial charge in [0.25, 0.3) is 5.56 Å². The molecule has 3 heterocycles. The van der Waals surface area contributed by atoms with E-state index in [0.29, 0.717) is 12.1 Å². The molecule has 170 valence electrons. The molecule has 3 aromatic rings. The summed E-state index contributed by atoms with van der Waals surface area (Å²) < 4.78 is 62.8. The summed E-state index contributed by atoms with van der Waals surface area (Å²) in [4.78, 5) is 29.4. The van der Waals surface area contributed by atoms with Gasteiger partial charge in [-0.3, -0.25) is 14.8 Å². The van der Waals surface area contributed by atoms with Crippen LogP contribution < -0.4 is 15.8 Å². The number of aromatic amines is 1. The standard InChI is InChI=1S/C18H18N4O2.F6P/c1-14-13-22(18(24)20-17(14)23)10-2-9-21-11-5-16(6-12-21)15-3-7-19-8-4-15;1-7(2,3,4,5)6/h3-8,11-13H,2,9-10H2,1H3;/q;-1/p+1. The van der Waals surface area contributed by atoms with Gasteiger partial charge in [-0.2, -0.15) is 0 Å². The molecule has 3 rings (SSSR count). The van der Waals surface area contributed by atoms with Gasteiger partial charge in [-0.25, -0.2) is 9.36 Å². The van der Waals surface area contributed by atoms with Crippen molar-refractivity contribution < 1.29 is 29.7 Å². The van der Waals surface area contributed by atoms with Gasteiger partial charge in [-0.1, -0.05) is 0 Å². The van der Waals surface area contributed by atoms with Gasteiger partial charge in [-0.05, 0) is 30.2 Å². The first-order chi connectivity index (χ1) is 14.1. The van der Waals surface area contributed by atoms with Crippen LogP contribution >= 0.6 is 7.81 Å². The number of halogens is 6. The number of rotatable bonds is 5. The third-order valence-electron chi connectivity index (χ3n) is 3.91. The van der Waals surface area contributed by atoms with E-state index in [9.17, 15) is 34.8 Å². The summed E-state index contributed by atoms with van der Waals surface area (Å²) in [5.41, 5.74) is 2.14. The number of hydrogen-bond acceptors (Lipinski definition) is 3. The van der Waals surface area contributed by atoms with Crippen LogP contribution in [0.2, 0.25) is 0 Å². The summed E-state index contributed by atoms with van der Waals surface area (Å²) in [6, 6.07) is 8.08. The molecular formula is C18H19F6N4O2P. The maximum atomic E-state index is 11.7. The molecule has 13 heteroatoms. The van der Waals surface area contributed by atoms with Crippen molar-refractivity contribution in [1.29, 1.82) is 0 Å². The second kappa shape index (κ2) is 8.26. The molecule has 0 aliphatic carbocycles. The molecular weight excluding hydrogens is 449 g/mol. The fourth-order valence-electron chi connectivity index (χ4n) is 2.55. The van der Waals surface area contributed by atoms with Gasteiger partial charge < -0.3 is 4.57 Å². The van der Waals surface area contributed by atoms with Crippen LogP contribution in [0.15, 0.2) is 64.8 Å². The minimum absolute atomic E-state index is 0.322. The van der Waals surface area contributed by atoms with E-state index >= 15 is 0 Å². The van der Waals surface area contributed by atoms with E-state index in [0.717, 1.165) is 24.1 Å². The first-order valence-electron chi connectivity index (χ1n) is 8.85. The molecule has 0 unspecified atom stereocenters. The molecule has 0 spiro atoms. The van der Waals surface area contributed by atoms with Crippen LogP contribution in [-0.4, -0.2) is 14.5 Å². The van der Waals surface area contributed by atoms with Crippen LogP contribution in [0.1, 0.15) is 12.0 Å². The Hall–Kier alpha value is -3.01. The van der Waals surface area contributed by atoms with E-state index in [4.69, 9.17) is 0 Å². The second-order valence-corrected chi connectivity index (χ2v) is 8.55. The zero-order valence-electron chi connectivity index (χ0n) is 16.2. The number of pyridine rings is 2. The Labute approximate surface area is 172 Å². The van der Waals surface area contributed by atoms with Crippen molar-refractivity contribution in [3.05, 3.63) is 81.7 Å². The van der Waals surface area contributed by atoms with E-state index in [2.05, 4.69) is 26.7 Å². The Morgan fingerprint density at radius 3 is 2.03 bits per heavy atom. The van der Waals surface area contributed by atoms with E-state index < -0.39 is 7.81 Å². The van der Waals surface area contributed by atoms with E-state index in [1.807, 2.05) is 24.5 Å². The van der Waals surface area contributed by atoms with Gasteiger partial charge in [0.2, 0.25) is 0 Å². The Bertz CT molecular complexity index is 1130. The summed E-state index contributed by atoms with van der Waals surface area (Å²) in [6.07, 6.45) is 10.0. The molecule has 0 aliphatic heterocycles. The number of nitrogens with one attached hydrogen (secondary N) is 1. The first-order valence-corrected chi connectivity index (χ1v) is 10.9. The summed E-state index contributed by atoms with van der Waals surface area (Å²) in [6.45, 7) is 3.05. The van der Waals surface area contributed by atoms with Crippen LogP contribution in [0.4, 0.5) is 25.2 Å². The molecule has 0 atom stereocenters. The summed E-state index contributed by atoms with van der Waals surface area (Å²) in [7, 11) is -10.7. The van der Waals surface area contributed by atoms with Crippen LogP contribution in [0, 0.1) is 6.92 Å². The molecule has 1 N–H and O–H groups in total. The summed E-state index contributed by atoms with van der Waals surface area (Å²) in [5, 5.41) is 0. The SMILES string of the molecule is Cc1cn(CCC[n+]2ccc(-c3ccncc3)cc2)c(=O)[nH]c1=O.F[P-](F)(F)(F)(F)F. The van der Waals surface area contributed by atoms with Crippen molar-refractivity contribution in [2.75, 3.05) is 0 Å². The Balaban J connectivity index is 0.000000423. The average Bonchev–Trinajstić information content (AvgIpc) is 2.65. The molecule has 0 saturated carbocycles. The minimum atomic E-state index is -10.7. The zero-order chi connectivity index (χ0) is 23.3. The average molecular weight is 468 g/mol. The maximum absolute atomic E-state index is 11.7. The normalized spacial score (nSPS) is 13.5. The predicted octanol–water partition coefficient (Wildman–Crippen LogP) is 4.67. The van der Waals surface area contributed by atoms with Crippen LogP contribution in [0.3, 0.4) is 0 Å². The number of nitrogens with zero attached hydrogens (tertiary/aromatic N) is 3. The molecule has 0 bridgehead atoms. The van der Waals surface area contributed by atoms with Gasteiger partial charge in [0, 0.05) is 49.3 Å². The van der Waals surface area contributed by atoms with Gasteiger partial charge >= 0.3 is 38.7 Å². The fourth-order valence-corrected chi connectivity index (χ4v) is 2.55.